The van der Waals surface area contributed by atoms with Crippen LogP contribution >= 0.6 is 0 Å². The van der Waals surface area contributed by atoms with Gasteiger partial charge in [0.15, 0.2) is 0 Å². The van der Waals surface area contributed by atoms with E-state index < -0.39 is 76.6 Å². The minimum Gasteiger partial charge on any atom is -0.458 e. The number of ketones is 1. The maximum Gasteiger partial charge on any atom is 0.329 e. The number of ether oxygens (including phenoxy) is 1. The number of benzene rings is 1. The smallest absolute Gasteiger partial charge is 0.329 e. The molecule has 290 valence electrons. The van der Waals surface area contributed by atoms with E-state index in [2.05, 4.69) is 34.4 Å². The number of rotatable bonds is 15. The van der Waals surface area contributed by atoms with Gasteiger partial charge in [-0.15, -0.1) is 13.2 Å². The Balaban J connectivity index is 2.03. The van der Waals surface area contributed by atoms with Crippen molar-refractivity contribution in [3.63, 3.8) is 0 Å². The molecule has 2 aliphatic rings. The number of esters is 1. The zero-order valence-electron chi connectivity index (χ0n) is 32.8. The Labute approximate surface area is 314 Å². The molecular formula is C41H59N5O7. The van der Waals surface area contributed by atoms with Crippen LogP contribution in [0.15, 0.2) is 55.1 Å². The van der Waals surface area contributed by atoms with Crippen LogP contribution in [0.1, 0.15) is 86.3 Å². The Morgan fingerprint density at radius 1 is 0.981 bits per heavy atom. The fourth-order valence-corrected chi connectivity index (χ4v) is 6.90. The first-order valence-electron chi connectivity index (χ1n) is 18.5. The molecule has 12 nitrogen and oxygen atoms in total. The number of nitrogens with one attached hydrogen (secondary N) is 4. The Morgan fingerprint density at radius 3 is 2.19 bits per heavy atom. The van der Waals surface area contributed by atoms with Gasteiger partial charge in [0.1, 0.15) is 23.7 Å². The van der Waals surface area contributed by atoms with Crippen molar-refractivity contribution in [1.82, 2.24) is 26.2 Å². The molecule has 1 aliphatic heterocycles. The van der Waals surface area contributed by atoms with Crippen molar-refractivity contribution in [2.45, 2.75) is 111 Å². The van der Waals surface area contributed by atoms with E-state index in [4.69, 9.17) is 4.74 Å². The predicted molar refractivity (Wildman–Crippen MR) is 205 cm³/mol. The molecule has 0 aromatic heterocycles. The normalized spacial score (nSPS) is 19.9. The highest BCUT2D eigenvalue weighted by molar-refractivity contribution is 6.38. The van der Waals surface area contributed by atoms with Crippen LogP contribution in [0, 0.1) is 23.2 Å². The second-order valence-electron chi connectivity index (χ2n) is 16.3. The number of hydrogen-bond donors (Lipinski definition) is 4. The lowest BCUT2D eigenvalue weighted by Crippen LogP contribution is -2.60. The van der Waals surface area contributed by atoms with Crippen LogP contribution in [0.25, 0.3) is 6.08 Å². The molecule has 1 aliphatic carbocycles. The number of hydrogen-bond acceptors (Lipinski definition) is 7. The van der Waals surface area contributed by atoms with E-state index in [-0.39, 0.29) is 31.3 Å². The molecule has 1 fully saturated rings. The van der Waals surface area contributed by atoms with Crippen molar-refractivity contribution in [1.29, 1.82) is 0 Å². The van der Waals surface area contributed by atoms with Crippen LogP contribution < -0.4 is 21.3 Å². The van der Waals surface area contributed by atoms with E-state index in [0.717, 1.165) is 11.1 Å². The fourth-order valence-electron chi connectivity index (χ4n) is 6.90. The number of carbonyl (C=O) groups is 6. The number of fused-ring (bicyclic) bond motifs is 1. The summed E-state index contributed by atoms with van der Waals surface area (Å²) in [6.07, 6.45) is 6.06. The Kier molecular flexibility index (Phi) is 14.4. The van der Waals surface area contributed by atoms with Crippen LogP contribution in [-0.2, 0) is 35.1 Å². The SMILES string of the molecule is C=CCNC(=O)C(=O)C(CCC)NC(=O)[C@@H]1[C@@H](C=C)[C@@H](C(C)C)CN1C(=O)[C@@H](NC(=O)N[C@H](C(=O)OC(C)(C)C)C(C)(C)C)C1=Cc2ccccc2C1. The van der Waals surface area contributed by atoms with Crippen LogP contribution in [0.2, 0.25) is 0 Å². The van der Waals surface area contributed by atoms with Crippen LogP contribution in [0.5, 0.6) is 0 Å². The highest BCUT2D eigenvalue weighted by Crippen LogP contribution is 2.38. The van der Waals surface area contributed by atoms with Crippen molar-refractivity contribution in [3.05, 3.63) is 66.3 Å². The minimum atomic E-state index is -1.22. The van der Waals surface area contributed by atoms with Gasteiger partial charge in [-0.05, 0) is 67.6 Å². The number of amides is 5. The summed E-state index contributed by atoms with van der Waals surface area (Å²) in [5, 5.41) is 10.9. The van der Waals surface area contributed by atoms with Crippen LogP contribution in [0.3, 0.4) is 0 Å². The van der Waals surface area contributed by atoms with Gasteiger partial charge < -0.3 is 30.9 Å². The topological polar surface area (TPSA) is 163 Å². The Bertz CT molecular complexity index is 1600. The second-order valence-corrected chi connectivity index (χ2v) is 16.3. The highest BCUT2D eigenvalue weighted by atomic mass is 16.6. The Hall–Kier alpha value is -4.74. The fraction of sp³-hybridized carbons (Fsp3) is 0.561. The van der Waals surface area contributed by atoms with Crippen molar-refractivity contribution >= 4 is 41.6 Å². The number of nitrogens with zero attached hydrogens (tertiary/aromatic N) is 1. The zero-order chi connectivity index (χ0) is 39.8. The molecule has 1 heterocycles. The molecule has 1 saturated heterocycles. The molecule has 0 saturated carbocycles. The molecule has 12 heteroatoms. The van der Waals surface area contributed by atoms with Gasteiger partial charge in [-0.1, -0.05) is 90.5 Å². The molecule has 6 atom stereocenters. The van der Waals surface area contributed by atoms with Gasteiger partial charge >= 0.3 is 12.0 Å². The summed E-state index contributed by atoms with van der Waals surface area (Å²) in [7, 11) is 0. The first-order chi connectivity index (χ1) is 24.7. The van der Waals surface area contributed by atoms with E-state index in [0.29, 0.717) is 18.4 Å². The average Bonchev–Trinajstić information content (AvgIpc) is 3.68. The third-order valence-electron chi connectivity index (χ3n) is 9.59. The van der Waals surface area contributed by atoms with E-state index in [1.54, 1.807) is 47.6 Å². The monoisotopic (exact) mass is 733 g/mol. The molecule has 53 heavy (non-hydrogen) atoms. The highest BCUT2D eigenvalue weighted by Gasteiger charge is 2.50. The van der Waals surface area contributed by atoms with Gasteiger partial charge in [0, 0.05) is 19.0 Å². The minimum absolute atomic E-state index is 0.0369. The van der Waals surface area contributed by atoms with Crippen LogP contribution in [0.4, 0.5) is 4.79 Å². The van der Waals surface area contributed by atoms with Gasteiger partial charge in [-0.3, -0.25) is 19.2 Å². The lowest BCUT2D eigenvalue weighted by Gasteiger charge is -2.34. The molecule has 5 amide bonds. The summed E-state index contributed by atoms with van der Waals surface area (Å²) in [6.45, 7) is 24.3. The summed E-state index contributed by atoms with van der Waals surface area (Å²) in [5.74, 6) is -4.01. The predicted octanol–water partition coefficient (Wildman–Crippen LogP) is 4.49. The molecular weight excluding hydrogens is 674 g/mol. The molecule has 0 spiro atoms. The lowest BCUT2D eigenvalue weighted by molar-refractivity contribution is -0.160. The molecule has 1 aromatic rings. The van der Waals surface area contributed by atoms with E-state index in [1.165, 1.54) is 11.0 Å². The van der Waals surface area contributed by atoms with E-state index >= 15 is 0 Å². The first kappa shape index (κ1) is 42.7. The number of urea groups is 1. The lowest BCUT2D eigenvalue weighted by atomic mass is 9.82. The van der Waals surface area contributed by atoms with E-state index in [9.17, 15) is 28.8 Å². The quantitative estimate of drug-likeness (QED) is 0.117. The zero-order valence-corrected chi connectivity index (χ0v) is 32.8. The summed E-state index contributed by atoms with van der Waals surface area (Å²) >= 11 is 0. The van der Waals surface area contributed by atoms with Crippen molar-refractivity contribution in [2.24, 2.45) is 23.2 Å². The maximum absolute atomic E-state index is 14.9. The summed E-state index contributed by atoms with van der Waals surface area (Å²) in [6, 6.07) is 2.43. The Morgan fingerprint density at radius 2 is 1.64 bits per heavy atom. The van der Waals surface area contributed by atoms with Gasteiger partial charge in [-0.2, -0.15) is 0 Å². The maximum atomic E-state index is 14.9. The first-order valence-corrected chi connectivity index (χ1v) is 18.5. The van der Waals surface area contributed by atoms with Crippen molar-refractivity contribution in [2.75, 3.05) is 13.1 Å². The van der Waals surface area contributed by atoms with Crippen LogP contribution in [-0.4, -0.2) is 83.3 Å². The standard InChI is InChI=1S/C41H59N5O7/c1-12-17-30(33(47)36(49)42-20-13-2)43-35(48)32-28(14-3)29(24(4)5)23-46(32)37(50)31(27-21-25-18-15-16-19-26(25)22-27)44-39(52)45-34(40(6,7)8)38(51)53-41(9,10)11/h13-16,18-19,21,24,28-32,34H,2-3,12,17,20,22-23H2,1,4-11H3,(H,42,49)(H,43,48)(H2,44,45,52)/t28-,29+,30?,31-,32-,34+/m0/s1. The summed E-state index contributed by atoms with van der Waals surface area (Å²) in [4.78, 5) is 83.6. The van der Waals surface area contributed by atoms with Gasteiger partial charge in [0.25, 0.3) is 5.91 Å². The molecule has 1 aromatic carbocycles. The van der Waals surface area contributed by atoms with Crippen molar-refractivity contribution < 1.29 is 33.5 Å². The van der Waals surface area contributed by atoms with Gasteiger partial charge in [0.2, 0.25) is 17.6 Å². The van der Waals surface area contributed by atoms with E-state index in [1.807, 2.05) is 51.1 Å². The molecule has 4 N–H and O–H groups in total. The van der Waals surface area contributed by atoms with Crippen molar-refractivity contribution in [3.8, 4) is 0 Å². The number of carbonyl (C=O) groups excluding carboxylic acids is 6. The summed E-state index contributed by atoms with van der Waals surface area (Å²) < 4.78 is 5.63. The average molecular weight is 734 g/mol. The molecule has 1 unspecified atom stereocenters. The number of Topliss-reactive ketones (excluding diaryl/α,β-unsaturated/α-hetero) is 1. The molecule has 0 bridgehead atoms. The second kappa shape index (κ2) is 17.9. The largest absolute Gasteiger partial charge is 0.458 e. The molecule has 3 rings (SSSR count). The number of likely N-dealkylation sites (tertiary alicyclic amines) is 1. The third-order valence-corrected chi connectivity index (χ3v) is 9.59. The summed E-state index contributed by atoms with van der Waals surface area (Å²) in [5.41, 5.74) is 0.944. The third kappa shape index (κ3) is 10.9. The van der Waals surface area contributed by atoms with Gasteiger partial charge in [0.05, 0.1) is 6.04 Å². The molecule has 0 radical (unpaired) electrons. The van der Waals surface area contributed by atoms with Gasteiger partial charge in [-0.25, -0.2) is 9.59 Å².